The summed E-state index contributed by atoms with van der Waals surface area (Å²) in [6, 6.07) is 8.90. The molecular weight excluding hydrogens is 349 g/mol. The molecule has 0 bridgehead atoms. The first-order valence-corrected chi connectivity index (χ1v) is 8.23. The Bertz CT molecular complexity index is 399. The van der Waals surface area contributed by atoms with Crippen molar-refractivity contribution < 1.29 is 3.17 Å². The van der Waals surface area contributed by atoms with Crippen LogP contribution in [0.4, 0.5) is 0 Å². The molecule has 0 atom stereocenters. The van der Waals surface area contributed by atoms with Gasteiger partial charge in [-0.25, -0.2) is 3.17 Å². The Balaban J connectivity index is 2.73. The van der Waals surface area contributed by atoms with Crippen LogP contribution in [0.5, 0.6) is 0 Å². The van der Waals surface area contributed by atoms with E-state index in [1.54, 1.807) is 0 Å². The molecule has 1 heterocycles. The van der Waals surface area contributed by atoms with E-state index in [0.29, 0.717) is 0 Å². The van der Waals surface area contributed by atoms with Crippen molar-refractivity contribution in [2.75, 3.05) is 0 Å². The Morgan fingerprint density at radius 3 is 1.53 bits per heavy atom. The standard InChI is InChI=1S/C16H24INO/c1-5-15(6-2)13-11-9-10-12-14(13)16(7-3,8-4)18(15)19-17/h9-12H,5-8H2,1-4H3. The van der Waals surface area contributed by atoms with E-state index >= 15 is 0 Å². The van der Waals surface area contributed by atoms with Gasteiger partial charge in [0.05, 0.1) is 11.1 Å². The minimum absolute atomic E-state index is 0.0177. The van der Waals surface area contributed by atoms with Crippen LogP contribution in [0, 0.1) is 0 Å². The fourth-order valence-electron chi connectivity index (χ4n) is 3.89. The van der Waals surface area contributed by atoms with Gasteiger partial charge in [-0.1, -0.05) is 52.0 Å². The first-order chi connectivity index (χ1) is 9.16. The van der Waals surface area contributed by atoms with Gasteiger partial charge in [0.15, 0.2) is 0 Å². The van der Waals surface area contributed by atoms with E-state index in [1.165, 1.54) is 11.1 Å². The van der Waals surface area contributed by atoms with Gasteiger partial charge in [-0.2, -0.15) is 5.06 Å². The predicted octanol–water partition coefficient (Wildman–Crippen LogP) is 5.31. The molecule has 0 aliphatic carbocycles. The minimum atomic E-state index is 0.0177. The summed E-state index contributed by atoms with van der Waals surface area (Å²) in [5.41, 5.74) is 2.95. The van der Waals surface area contributed by atoms with Gasteiger partial charge in [-0.3, -0.25) is 0 Å². The maximum atomic E-state index is 5.89. The van der Waals surface area contributed by atoms with E-state index < -0.39 is 0 Å². The van der Waals surface area contributed by atoms with Crippen LogP contribution in [0.1, 0.15) is 64.5 Å². The van der Waals surface area contributed by atoms with Crippen molar-refractivity contribution in [3.63, 3.8) is 0 Å². The quantitative estimate of drug-likeness (QED) is 0.649. The number of hydrogen-bond acceptors (Lipinski definition) is 2. The minimum Gasteiger partial charge on any atom is -0.228 e. The molecule has 0 saturated heterocycles. The van der Waals surface area contributed by atoms with Crippen molar-refractivity contribution in [1.82, 2.24) is 5.06 Å². The summed E-state index contributed by atoms with van der Waals surface area (Å²) >= 11 is 2.06. The summed E-state index contributed by atoms with van der Waals surface area (Å²) in [7, 11) is 0. The maximum Gasteiger partial charge on any atom is 0.137 e. The van der Waals surface area contributed by atoms with Crippen molar-refractivity contribution >= 4 is 23.0 Å². The molecule has 19 heavy (non-hydrogen) atoms. The van der Waals surface area contributed by atoms with Crippen LogP contribution in [-0.4, -0.2) is 5.06 Å². The van der Waals surface area contributed by atoms with Gasteiger partial charge in [0, 0.05) is 0 Å². The van der Waals surface area contributed by atoms with E-state index in [0.717, 1.165) is 25.7 Å². The second-order valence-electron chi connectivity index (χ2n) is 5.39. The van der Waals surface area contributed by atoms with Crippen molar-refractivity contribution in [2.24, 2.45) is 0 Å². The van der Waals surface area contributed by atoms with E-state index in [-0.39, 0.29) is 11.1 Å². The molecule has 0 amide bonds. The van der Waals surface area contributed by atoms with Crippen LogP contribution >= 0.6 is 23.0 Å². The summed E-state index contributed by atoms with van der Waals surface area (Å²) in [6.07, 6.45) is 4.30. The number of benzene rings is 1. The molecule has 0 saturated carbocycles. The van der Waals surface area contributed by atoms with E-state index in [9.17, 15) is 0 Å². The SMILES string of the molecule is CCC1(CC)c2ccccc2C(CC)(CC)N1OI. The van der Waals surface area contributed by atoms with Gasteiger partial charge in [0.2, 0.25) is 0 Å². The number of fused-ring (bicyclic) bond motifs is 1. The van der Waals surface area contributed by atoms with Crippen LogP contribution in [0.3, 0.4) is 0 Å². The lowest BCUT2D eigenvalue weighted by Crippen LogP contribution is -2.48. The van der Waals surface area contributed by atoms with E-state index in [1.807, 2.05) is 0 Å². The zero-order chi connectivity index (χ0) is 14.1. The zero-order valence-corrected chi connectivity index (χ0v) is 14.5. The summed E-state index contributed by atoms with van der Waals surface area (Å²) in [4.78, 5) is 0. The molecule has 0 unspecified atom stereocenters. The van der Waals surface area contributed by atoms with Crippen molar-refractivity contribution in [3.05, 3.63) is 35.4 Å². The lowest BCUT2D eigenvalue weighted by Gasteiger charge is -2.43. The van der Waals surface area contributed by atoms with Crippen LogP contribution in [0.15, 0.2) is 24.3 Å². The second kappa shape index (κ2) is 5.70. The largest absolute Gasteiger partial charge is 0.228 e. The number of nitrogens with zero attached hydrogens (tertiary/aromatic N) is 1. The molecule has 0 fully saturated rings. The van der Waals surface area contributed by atoms with Crippen molar-refractivity contribution in [2.45, 2.75) is 64.5 Å². The molecule has 0 radical (unpaired) electrons. The molecule has 1 aromatic carbocycles. The normalized spacial score (nSPS) is 20.5. The fourth-order valence-corrected chi connectivity index (χ4v) is 4.65. The average molecular weight is 373 g/mol. The Kier molecular flexibility index (Phi) is 4.58. The molecule has 1 aliphatic heterocycles. The lowest BCUT2D eigenvalue weighted by molar-refractivity contribution is -0.188. The van der Waals surface area contributed by atoms with Crippen LogP contribution in [0.2, 0.25) is 0 Å². The molecule has 1 aromatic rings. The van der Waals surface area contributed by atoms with Gasteiger partial charge in [0.1, 0.15) is 23.0 Å². The predicted molar refractivity (Wildman–Crippen MR) is 87.9 cm³/mol. The Morgan fingerprint density at radius 1 is 0.895 bits per heavy atom. The second-order valence-corrected chi connectivity index (χ2v) is 5.78. The van der Waals surface area contributed by atoms with E-state index in [2.05, 4.69) is 80.0 Å². The molecule has 1 aliphatic rings. The third kappa shape index (κ3) is 1.88. The van der Waals surface area contributed by atoms with Gasteiger partial charge in [-0.15, -0.1) is 0 Å². The number of rotatable bonds is 5. The molecule has 2 rings (SSSR count). The Morgan fingerprint density at radius 2 is 1.26 bits per heavy atom. The Hall–Kier alpha value is -0.130. The summed E-state index contributed by atoms with van der Waals surface area (Å²) in [5.74, 6) is 0. The fraction of sp³-hybridized carbons (Fsp3) is 0.625. The molecular formula is C16H24INO. The van der Waals surface area contributed by atoms with Gasteiger partial charge < -0.3 is 0 Å². The molecule has 3 heteroatoms. The van der Waals surface area contributed by atoms with Gasteiger partial charge in [0.25, 0.3) is 0 Å². The monoisotopic (exact) mass is 373 g/mol. The maximum absolute atomic E-state index is 5.89. The molecule has 0 N–H and O–H groups in total. The molecule has 106 valence electrons. The number of halogens is 1. The summed E-state index contributed by atoms with van der Waals surface area (Å²) in [5, 5.41) is 2.28. The lowest BCUT2D eigenvalue weighted by atomic mass is 9.83. The van der Waals surface area contributed by atoms with Gasteiger partial charge >= 0.3 is 0 Å². The third-order valence-corrected chi connectivity index (χ3v) is 5.51. The average Bonchev–Trinajstić information content (AvgIpc) is 2.73. The molecule has 0 aromatic heterocycles. The highest BCUT2D eigenvalue weighted by molar-refractivity contribution is 14.1. The topological polar surface area (TPSA) is 12.5 Å². The summed E-state index contributed by atoms with van der Waals surface area (Å²) < 4.78 is 5.89. The third-order valence-electron chi connectivity index (χ3n) is 5.12. The van der Waals surface area contributed by atoms with Crippen LogP contribution in [0.25, 0.3) is 0 Å². The highest BCUT2D eigenvalue weighted by Gasteiger charge is 2.56. The van der Waals surface area contributed by atoms with Crippen molar-refractivity contribution in [3.8, 4) is 0 Å². The van der Waals surface area contributed by atoms with Gasteiger partial charge in [-0.05, 0) is 36.8 Å². The Labute approximate surface area is 131 Å². The number of hydroxylamine groups is 2. The molecule has 0 spiro atoms. The van der Waals surface area contributed by atoms with E-state index in [4.69, 9.17) is 3.17 Å². The highest BCUT2D eigenvalue weighted by atomic mass is 127. The smallest absolute Gasteiger partial charge is 0.137 e. The molecule has 2 nitrogen and oxygen atoms in total. The first kappa shape index (κ1) is 15.3. The number of hydrogen-bond donors (Lipinski definition) is 0. The zero-order valence-electron chi connectivity index (χ0n) is 12.4. The highest BCUT2D eigenvalue weighted by Crippen LogP contribution is 2.56. The van der Waals surface area contributed by atoms with Crippen molar-refractivity contribution in [1.29, 1.82) is 0 Å². The first-order valence-electron chi connectivity index (χ1n) is 7.35. The summed E-state index contributed by atoms with van der Waals surface area (Å²) in [6.45, 7) is 9.07. The van der Waals surface area contributed by atoms with Crippen LogP contribution < -0.4 is 0 Å². The van der Waals surface area contributed by atoms with Crippen LogP contribution in [-0.2, 0) is 14.2 Å².